The van der Waals surface area contributed by atoms with E-state index < -0.39 is 9.84 Å². The van der Waals surface area contributed by atoms with Crippen LogP contribution in [-0.2, 0) is 9.84 Å². The summed E-state index contributed by atoms with van der Waals surface area (Å²) < 4.78 is 25.8. The zero-order valence-electron chi connectivity index (χ0n) is 15.2. The number of hydrogen-bond acceptors (Lipinski definition) is 4. The van der Waals surface area contributed by atoms with Gasteiger partial charge in [-0.2, -0.15) is 5.10 Å². The maximum Gasteiger partial charge on any atom is 0.159 e. The number of nitrogens with one attached hydrogen (secondary N) is 1. The van der Waals surface area contributed by atoms with Crippen molar-refractivity contribution in [2.24, 2.45) is 0 Å². The van der Waals surface area contributed by atoms with Crippen molar-refractivity contribution in [2.45, 2.75) is 26.3 Å². The van der Waals surface area contributed by atoms with E-state index in [1.807, 2.05) is 29.9 Å². The molecule has 138 valence electrons. The summed E-state index contributed by atoms with van der Waals surface area (Å²) in [7, 11) is -2.99. The third kappa shape index (κ3) is 2.56. The lowest BCUT2D eigenvalue weighted by molar-refractivity contribution is 0.509. The van der Waals surface area contributed by atoms with E-state index in [1.165, 1.54) is 0 Å². The number of nitrogens with zero attached hydrogens (tertiary/aromatic N) is 3. The lowest BCUT2D eigenvalue weighted by Gasteiger charge is -2.11. The molecule has 5 rings (SSSR count). The van der Waals surface area contributed by atoms with Crippen LogP contribution in [0.15, 0.2) is 36.5 Å². The Balaban J connectivity index is 1.75. The van der Waals surface area contributed by atoms with Gasteiger partial charge in [0.1, 0.15) is 0 Å². The molecular formula is C20H20N4O2S. The van der Waals surface area contributed by atoms with E-state index in [4.69, 9.17) is 4.98 Å². The molecule has 7 heteroatoms. The van der Waals surface area contributed by atoms with Gasteiger partial charge >= 0.3 is 0 Å². The minimum absolute atomic E-state index is 0.140. The van der Waals surface area contributed by atoms with Crippen LogP contribution in [-0.4, -0.2) is 39.7 Å². The van der Waals surface area contributed by atoms with E-state index in [-0.39, 0.29) is 17.5 Å². The SMILES string of the molecule is Cc1cc(-c2cccc3[nH]ccc23)nc2c1c(C)nn2C1CCS(=O)(=O)C1. The number of aromatic nitrogens is 4. The van der Waals surface area contributed by atoms with Crippen molar-refractivity contribution in [1.82, 2.24) is 19.7 Å². The molecule has 0 spiro atoms. The quantitative estimate of drug-likeness (QED) is 0.577. The third-order valence-corrected chi connectivity index (χ3v) is 7.21. The van der Waals surface area contributed by atoms with Crippen molar-refractivity contribution in [3.05, 3.63) is 47.8 Å². The zero-order valence-corrected chi connectivity index (χ0v) is 16.0. The Morgan fingerprint density at radius 1 is 1.22 bits per heavy atom. The lowest BCUT2D eigenvalue weighted by Crippen LogP contribution is -2.13. The van der Waals surface area contributed by atoms with Gasteiger partial charge in [-0.15, -0.1) is 0 Å². The van der Waals surface area contributed by atoms with Crippen molar-refractivity contribution in [2.75, 3.05) is 11.5 Å². The molecule has 1 aromatic carbocycles. The molecule has 4 aromatic rings. The Morgan fingerprint density at radius 2 is 2.07 bits per heavy atom. The third-order valence-electron chi connectivity index (χ3n) is 5.46. The zero-order chi connectivity index (χ0) is 18.8. The summed E-state index contributed by atoms with van der Waals surface area (Å²) in [6.45, 7) is 4.03. The molecular weight excluding hydrogens is 360 g/mol. The van der Waals surface area contributed by atoms with E-state index >= 15 is 0 Å². The number of aromatic amines is 1. The van der Waals surface area contributed by atoms with Gasteiger partial charge in [0.05, 0.1) is 28.9 Å². The van der Waals surface area contributed by atoms with Gasteiger partial charge in [-0.1, -0.05) is 12.1 Å². The number of pyridine rings is 1. The summed E-state index contributed by atoms with van der Waals surface area (Å²) in [6.07, 6.45) is 2.52. The first kappa shape index (κ1) is 16.5. The average Bonchev–Trinajstić information content (AvgIpc) is 3.31. The number of H-pyrrole nitrogens is 1. The van der Waals surface area contributed by atoms with E-state index in [0.717, 1.165) is 44.5 Å². The van der Waals surface area contributed by atoms with Crippen LogP contribution in [0.5, 0.6) is 0 Å². The van der Waals surface area contributed by atoms with Gasteiger partial charge in [0.15, 0.2) is 15.5 Å². The molecule has 4 heterocycles. The second-order valence-corrected chi connectivity index (χ2v) is 9.58. The average molecular weight is 380 g/mol. The smallest absolute Gasteiger partial charge is 0.159 e. The van der Waals surface area contributed by atoms with Gasteiger partial charge in [-0.25, -0.2) is 18.1 Å². The van der Waals surface area contributed by atoms with Gasteiger partial charge in [0.2, 0.25) is 0 Å². The summed E-state index contributed by atoms with van der Waals surface area (Å²) in [5.41, 5.74) is 5.78. The maximum absolute atomic E-state index is 12.0. The summed E-state index contributed by atoms with van der Waals surface area (Å²) in [5.74, 6) is 0.362. The summed E-state index contributed by atoms with van der Waals surface area (Å²) in [6, 6.07) is 10.1. The summed E-state index contributed by atoms with van der Waals surface area (Å²) in [4.78, 5) is 8.18. The Hall–Kier alpha value is -2.67. The number of fused-ring (bicyclic) bond motifs is 2. The monoisotopic (exact) mass is 380 g/mol. The van der Waals surface area contributed by atoms with Crippen molar-refractivity contribution in [3.63, 3.8) is 0 Å². The van der Waals surface area contributed by atoms with E-state index in [1.54, 1.807) is 0 Å². The Labute approximate surface area is 157 Å². The molecule has 1 fully saturated rings. The van der Waals surface area contributed by atoms with Crippen LogP contribution in [0.4, 0.5) is 0 Å². The highest BCUT2D eigenvalue weighted by Gasteiger charge is 2.31. The Kier molecular flexibility index (Phi) is 3.46. The van der Waals surface area contributed by atoms with Crippen molar-refractivity contribution in [3.8, 4) is 11.3 Å². The molecule has 1 unspecified atom stereocenters. The van der Waals surface area contributed by atoms with E-state index in [0.29, 0.717) is 6.42 Å². The van der Waals surface area contributed by atoms with Gasteiger partial charge in [-0.05, 0) is 44.0 Å². The molecule has 3 aromatic heterocycles. The number of benzene rings is 1. The fourth-order valence-corrected chi connectivity index (χ4v) is 5.89. The van der Waals surface area contributed by atoms with Crippen molar-refractivity contribution in [1.29, 1.82) is 0 Å². The summed E-state index contributed by atoms with van der Waals surface area (Å²) in [5, 5.41) is 6.81. The van der Waals surface area contributed by atoms with Crippen LogP contribution in [0.1, 0.15) is 23.7 Å². The molecule has 1 aliphatic rings. The van der Waals surface area contributed by atoms with Gasteiger partial charge in [0.25, 0.3) is 0 Å². The van der Waals surface area contributed by atoms with E-state index in [9.17, 15) is 8.42 Å². The highest BCUT2D eigenvalue weighted by atomic mass is 32.2. The predicted octanol–water partition coefficient (Wildman–Crippen LogP) is 3.56. The summed E-state index contributed by atoms with van der Waals surface area (Å²) >= 11 is 0. The molecule has 1 saturated heterocycles. The number of sulfone groups is 1. The molecule has 0 radical (unpaired) electrons. The second-order valence-electron chi connectivity index (χ2n) is 7.35. The molecule has 1 atom stereocenters. The Bertz CT molecular complexity index is 1300. The normalized spacial score (nSPS) is 19.3. The minimum Gasteiger partial charge on any atom is -0.361 e. The fourth-order valence-electron chi connectivity index (χ4n) is 4.20. The first-order chi connectivity index (χ1) is 12.9. The number of rotatable bonds is 2. The Morgan fingerprint density at radius 3 is 2.85 bits per heavy atom. The minimum atomic E-state index is -2.99. The van der Waals surface area contributed by atoms with Crippen molar-refractivity contribution < 1.29 is 8.42 Å². The van der Waals surface area contributed by atoms with Crippen LogP contribution < -0.4 is 0 Å². The number of hydrogen-bond donors (Lipinski definition) is 1. The van der Waals surface area contributed by atoms with Gasteiger partial charge in [-0.3, -0.25) is 0 Å². The maximum atomic E-state index is 12.0. The standard InChI is InChI=1S/C20H20N4O2S/c1-12-10-18(15-4-3-5-17-16(15)6-8-21-17)22-20-19(12)13(2)23-24(20)14-7-9-27(25,26)11-14/h3-6,8,10,14,21H,7,9,11H2,1-2H3. The van der Waals surface area contributed by atoms with Gasteiger partial charge < -0.3 is 4.98 Å². The molecule has 1 aliphatic heterocycles. The van der Waals surface area contributed by atoms with Crippen LogP contribution in [0.2, 0.25) is 0 Å². The van der Waals surface area contributed by atoms with Crippen LogP contribution >= 0.6 is 0 Å². The predicted molar refractivity (Wildman–Crippen MR) is 107 cm³/mol. The van der Waals surface area contributed by atoms with E-state index in [2.05, 4.69) is 35.2 Å². The molecule has 0 bridgehead atoms. The second kappa shape index (κ2) is 5.66. The largest absolute Gasteiger partial charge is 0.361 e. The first-order valence-corrected chi connectivity index (χ1v) is 10.9. The molecule has 6 nitrogen and oxygen atoms in total. The van der Waals surface area contributed by atoms with Crippen molar-refractivity contribution >= 4 is 31.8 Å². The van der Waals surface area contributed by atoms with Crippen LogP contribution in [0, 0.1) is 13.8 Å². The topological polar surface area (TPSA) is 80.6 Å². The molecule has 0 amide bonds. The van der Waals surface area contributed by atoms with Crippen LogP contribution in [0.25, 0.3) is 33.2 Å². The number of aryl methyl sites for hydroxylation is 2. The molecule has 0 aliphatic carbocycles. The molecule has 1 N–H and O–H groups in total. The highest BCUT2D eigenvalue weighted by molar-refractivity contribution is 7.91. The van der Waals surface area contributed by atoms with Gasteiger partial charge in [0, 0.05) is 28.0 Å². The molecule has 0 saturated carbocycles. The highest BCUT2D eigenvalue weighted by Crippen LogP contribution is 2.33. The first-order valence-electron chi connectivity index (χ1n) is 9.06. The fraction of sp³-hybridized carbons (Fsp3) is 0.300. The molecule has 27 heavy (non-hydrogen) atoms. The van der Waals surface area contributed by atoms with Crippen LogP contribution in [0.3, 0.4) is 0 Å². The lowest BCUT2D eigenvalue weighted by atomic mass is 10.0.